The van der Waals surface area contributed by atoms with E-state index in [4.69, 9.17) is 0 Å². The van der Waals surface area contributed by atoms with Crippen molar-refractivity contribution in [2.24, 2.45) is 0 Å². The van der Waals surface area contributed by atoms with Gasteiger partial charge in [-0.15, -0.1) is 12.4 Å². The van der Waals surface area contributed by atoms with E-state index in [2.05, 4.69) is 0 Å². The zero-order chi connectivity index (χ0) is 10.3. The van der Waals surface area contributed by atoms with Crippen molar-refractivity contribution in [3.05, 3.63) is 0 Å². The zero-order valence-corrected chi connectivity index (χ0v) is 9.97. The van der Waals surface area contributed by atoms with Gasteiger partial charge in [-0.05, 0) is 33.5 Å². The molecule has 0 bridgehead atoms. The van der Waals surface area contributed by atoms with Crippen LogP contribution in [0.5, 0.6) is 0 Å². The molecule has 0 N–H and O–H groups in total. The minimum atomic E-state index is -1.05. The second-order valence-electron chi connectivity index (χ2n) is 3.41. The van der Waals surface area contributed by atoms with Crippen LogP contribution in [0.3, 0.4) is 0 Å². The first-order valence-corrected chi connectivity index (χ1v) is 4.68. The summed E-state index contributed by atoms with van der Waals surface area (Å²) in [4.78, 5) is 14.0. The lowest BCUT2D eigenvalue weighted by atomic mass is 10.3. The summed E-state index contributed by atoms with van der Waals surface area (Å²) in [5, 5.41) is 10.6. The topological polar surface area (TPSA) is 46.6 Å². The maximum atomic E-state index is 10.6. The normalized spacial score (nSPS) is 9.71. The van der Waals surface area contributed by atoms with E-state index in [0.29, 0.717) is 13.1 Å². The van der Waals surface area contributed by atoms with Crippen LogP contribution in [0.2, 0.25) is 0 Å². The van der Waals surface area contributed by atoms with Gasteiger partial charge in [0.05, 0.1) is 0 Å². The first-order chi connectivity index (χ1) is 6.07. The quantitative estimate of drug-likeness (QED) is 0.656. The predicted molar refractivity (Wildman–Crippen MR) is 57.7 cm³/mol. The van der Waals surface area contributed by atoms with Crippen LogP contribution >= 0.6 is 12.4 Å². The molecule has 0 aromatic carbocycles. The first-order valence-electron chi connectivity index (χ1n) is 4.68. The highest BCUT2D eigenvalue weighted by atomic mass is 35.5. The SMILES string of the molecule is CCCN(CCCN(C)C)C(=O)[O-].Cl. The molecule has 0 rings (SSSR count). The van der Waals surface area contributed by atoms with E-state index in [0.717, 1.165) is 19.4 Å². The molecule has 0 unspecified atom stereocenters. The minimum absolute atomic E-state index is 0. The molecule has 0 radical (unpaired) electrons. The summed E-state index contributed by atoms with van der Waals surface area (Å²) < 4.78 is 0. The number of halogens is 1. The van der Waals surface area contributed by atoms with Gasteiger partial charge in [-0.25, -0.2) is 0 Å². The monoisotopic (exact) mass is 223 g/mol. The molecule has 0 saturated heterocycles. The Morgan fingerprint density at radius 3 is 2.14 bits per heavy atom. The van der Waals surface area contributed by atoms with Gasteiger partial charge in [0.1, 0.15) is 6.09 Å². The Balaban J connectivity index is 0. The number of nitrogens with zero attached hydrogens (tertiary/aromatic N) is 2. The van der Waals surface area contributed by atoms with Crippen LogP contribution in [0.25, 0.3) is 0 Å². The number of carboxylic acid groups (broad SMARTS) is 1. The van der Waals surface area contributed by atoms with Gasteiger partial charge in [-0.2, -0.15) is 0 Å². The Morgan fingerprint density at radius 2 is 1.79 bits per heavy atom. The van der Waals surface area contributed by atoms with Gasteiger partial charge in [0.2, 0.25) is 0 Å². The predicted octanol–water partition coefficient (Wildman–Crippen LogP) is 0.415. The van der Waals surface area contributed by atoms with E-state index in [1.54, 1.807) is 0 Å². The molecule has 0 aromatic rings. The van der Waals surface area contributed by atoms with Gasteiger partial charge < -0.3 is 19.7 Å². The largest absolute Gasteiger partial charge is 0.530 e. The van der Waals surface area contributed by atoms with Crippen LogP contribution in [-0.4, -0.2) is 49.6 Å². The van der Waals surface area contributed by atoms with Crippen molar-refractivity contribution < 1.29 is 9.90 Å². The lowest BCUT2D eigenvalue weighted by Gasteiger charge is -2.25. The van der Waals surface area contributed by atoms with Crippen molar-refractivity contribution in [3.8, 4) is 0 Å². The molecule has 0 aromatic heterocycles. The van der Waals surface area contributed by atoms with Crippen molar-refractivity contribution in [1.82, 2.24) is 9.80 Å². The summed E-state index contributed by atoms with van der Waals surface area (Å²) in [5.41, 5.74) is 0. The van der Waals surface area contributed by atoms with Crippen LogP contribution in [0.4, 0.5) is 4.79 Å². The molecular weight excluding hydrogens is 204 g/mol. The number of hydrogen-bond donors (Lipinski definition) is 0. The van der Waals surface area contributed by atoms with Crippen LogP contribution in [0, 0.1) is 0 Å². The molecule has 0 fully saturated rings. The lowest BCUT2D eigenvalue weighted by molar-refractivity contribution is -0.265. The minimum Gasteiger partial charge on any atom is -0.530 e. The van der Waals surface area contributed by atoms with Gasteiger partial charge in [0.15, 0.2) is 0 Å². The highest BCUT2D eigenvalue weighted by molar-refractivity contribution is 5.85. The van der Waals surface area contributed by atoms with E-state index in [1.165, 1.54) is 4.90 Å². The van der Waals surface area contributed by atoms with Crippen molar-refractivity contribution in [1.29, 1.82) is 0 Å². The van der Waals surface area contributed by atoms with E-state index in [9.17, 15) is 9.90 Å². The van der Waals surface area contributed by atoms with E-state index >= 15 is 0 Å². The summed E-state index contributed by atoms with van der Waals surface area (Å²) >= 11 is 0. The first kappa shape index (κ1) is 16.0. The summed E-state index contributed by atoms with van der Waals surface area (Å²) in [6, 6.07) is 0. The fraction of sp³-hybridized carbons (Fsp3) is 0.889. The molecule has 0 aliphatic heterocycles. The zero-order valence-electron chi connectivity index (χ0n) is 9.15. The van der Waals surface area contributed by atoms with Crippen molar-refractivity contribution in [3.63, 3.8) is 0 Å². The molecule has 86 valence electrons. The number of amides is 1. The molecular formula is C9H20ClN2O2-. The average molecular weight is 224 g/mol. The van der Waals surface area contributed by atoms with E-state index in [1.807, 2.05) is 25.9 Å². The Kier molecular flexibility index (Phi) is 10.4. The number of carbonyl (C=O) groups is 1. The summed E-state index contributed by atoms with van der Waals surface area (Å²) in [5.74, 6) is 0. The molecule has 4 nitrogen and oxygen atoms in total. The average Bonchev–Trinajstić information content (AvgIpc) is 2.02. The molecule has 0 aliphatic carbocycles. The number of rotatable bonds is 6. The number of carbonyl (C=O) groups excluding carboxylic acids is 1. The third-order valence-electron chi connectivity index (χ3n) is 1.79. The van der Waals surface area contributed by atoms with Crippen LogP contribution in [0.1, 0.15) is 19.8 Å². The highest BCUT2D eigenvalue weighted by Crippen LogP contribution is 1.94. The van der Waals surface area contributed by atoms with Crippen molar-refractivity contribution >= 4 is 18.5 Å². The number of hydrogen-bond acceptors (Lipinski definition) is 3. The van der Waals surface area contributed by atoms with Gasteiger partial charge in [0, 0.05) is 13.1 Å². The van der Waals surface area contributed by atoms with Crippen molar-refractivity contribution in [2.75, 3.05) is 33.7 Å². The standard InChI is InChI=1S/C9H20N2O2.ClH/c1-4-6-11(9(12)13)8-5-7-10(2)3;/h4-8H2,1-3H3,(H,12,13);1H/p-1. The van der Waals surface area contributed by atoms with Gasteiger partial charge in [-0.1, -0.05) is 6.92 Å². The molecule has 5 heteroatoms. The van der Waals surface area contributed by atoms with Crippen LogP contribution < -0.4 is 5.11 Å². The molecule has 0 atom stereocenters. The third-order valence-corrected chi connectivity index (χ3v) is 1.79. The maximum Gasteiger partial charge on any atom is 0.136 e. The second-order valence-corrected chi connectivity index (χ2v) is 3.41. The molecule has 0 spiro atoms. The van der Waals surface area contributed by atoms with E-state index in [-0.39, 0.29) is 12.4 Å². The third kappa shape index (κ3) is 8.13. The summed E-state index contributed by atoms with van der Waals surface area (Å²) in [7, 11) is 3.95. The smallest absolute Gasteiger partial charge is 0.136 e. The molecule has 0 heterocycles. The van der Waals surface area contributed by atoms with Crippen molar-refractivity contribution in [2.45, 2.75) is 19.8 Å². The fourth-order valence-electron chi connectivity index (χ4n) is 1.14. The van der Waals surface area contributed by atoms with Crippen LogP contribution in [0.15, 0.2) is 0 Å². The highest BCUT2D eigenvalue weighted by Gasteiger charge is 2.02. The summed E-state index contributed by atoms with van der Waals surface area (Å²) in [6.07, 6.45) is 0.650. The Hall–Kier alpha value is -0.480. The van der Waals surface area contributed by atoms with Gasteiger partial charge >= 0.3 is 0 Å². The molecule has 0 aliphatic rings. The Labute approximate surface area is 92.3 Å². The van der Waals surface area contributed by atoms with Crippen LogP contribution in [-0.2, 0) is 0 Å². The Bertz CT molecular complexity index is 154. The Morgan fingerprint density at radius 1 is 1.21 bits per heavy atom. The summed E-state index contributed by atoms with van der Waals surface area (Å²) in [6.45, 7) is 4.03. The molecule has 14 heavy (non-hydrogen) atoms. The lowest BCUT2D eigenvalue weighted by Crippen LogP contribution is -2.42. The second kappa shape index (κ2) is 9.09. The molecule has 1 amide bonds. The fourth-order valence-corrected chi connectivity index (χ4v) is 1.14. The van der Waals surface area contributed by atoms with Gasteiger partial charge in [-0.3, -0.25) is 0 Å². The van der Waals surface area contributed by atoms with E-state index < -0.39 is 6.09 Å². The maximum absolute atomic E-state index is 10.6. The molecule has 0 saturated carbocycles. The van der Waals surface area contributed by atoms with Gasteiger partial charge in [0.25, 0.3) is 0 Å².